The fourth-order valence-electron chi connectivity index (χ4n) is 2.36. The Hall–Kier alpha value is -2.45. The molecule has 0 radical (unpaired) electrons. The second-order valence-corrected chi connectivity index (χ2v) is 7.31. The van der Waals surface area contributed by atoms with Crippen LogP contribution in [0.2, 0.25) is 0 Å². The summed E-state index contributed by atoms with van der Waals surface area (Å²) in [7, 11) is 0. The molecule has 0 aliphatic heterocycles. The molecule has 132 valence electrons. The van der Waals surface area contributed by atoms with Crippen LogP contribution in [-0.2, 0) is 0 Å². The Balaban J connectivity index is 1.71. The summed E-state index contributed by atoms with van der Waals surface area (Å²) >= 11 is 6.68. The largest absolute Gasteiger partial charge is 0.356 e. The summed E-state index contributed by atoms with van der Waals surface area (Å²) in [4.78, 5) is 31.5. The third kappa shape index (κ3) is 4.20. The molecular weight excluding hydrogens is 464 g/mol. The zero-order chi connectivity index (χ0) is 18.7. The predicted molar refractivity (Wildman–Crippen MR) is 106 cm³/mol. The molecule has 3 rings (SSSR count). The van der Waals surface area contributed by atoms with Gasteiger partial charge in [-0.3, -0.25) is 25.4 Å². The van der Waals surface area contributed by atoms with E-state index in [0.717, 1.165) is 20.2 Å². The van der Waals surface area contributed by atoms with E-state index in [4.69, 9.17) is 0 Å². The van der Waals surface area contributed by atoms with Gasteiger partial charge in [-0.25, -0.2) is 0 Å². The maximum absolute atomic E-state index is 12.3. The van der Waals surface area contributed by atoms with Crippen LogP contribution in [0.1, 0.15) is 26.5 Å². The number of H-pyrrole nitrogens is 1. The molecule has 6 nitrogen and oxygen atoms in total. The van der Waals surface area contributed by atoms with Crippen molar-refractivity contribution in [3.05, 3.63) is 74.6 Å². The first-order valence-corrected chi connectivity index (χ1v) is 9.21. The Morgan fingerprint density at radius 2 is 1.77 bits per heavy atom. The van der Waals surface area contributed by atoms with Crippen molar-refractivity contribution in [3.8, 4) is 11.3 Å². The second kappa shape index (κ2) is 7.84. The number of pyridine rings is 1. The van der Waals surface area contributed by atoms with Crippen molar-refractivity contribution in [2.45, 2.75) is 6.92 Å². The van der Waals surface area contributed by atoms with Gasteiger partial charge in [0.25, 0.3) is 11.8 Å². The molecule has 3 aromatic rings. The van der Waals surface area contributed by atoms with E-state index in [1.165, 1.54) is 0 Å². The van der Waals surface area contributed by atoms with Crippen molar-refractivity contribution in [1.29, 1.82) is 0 Å². The quantitative estimate of drug-likeness (QED) is 0.498. The van der Waals surface area contributed by atoms with Crippen molar-refractivity contribution >= 4 is 43.7 Å². The molecule has 0 bridgehead atoms. The second-order valence-electron chi connectivity index (χ2n) is 5.48. The van der Waals surface area contributed by atoms with E-state index in [2.05, 4.69) is 52.7 Å². The lowest BCUT2D eigenvalue weighted by Gasteiger charge is -2.10. The third-order valence-electron chi connectivity index (χ3n) is 3.63. The van der Waals surface area contributed by atoms with Crippen molar-refractivity contribution in [2.24, 2.45) is 0 Å². The number of carbonyl (C=O) groups excluding carboxylic acids is 2. The van der Waals surface area contributed by atoms with E-state index >= 15 is 0 Å². The average Bonchev–Trinajstić information content (AvgIpc) is 3.06. The number of rotatable bonds is 3. The fraction of sp³-hybridized carbons (Fsp3) is 0.0556. The Labute approximate surface area is 166 Å². The highest BCUT2D eigenvalue weighted by molar-refractivity contribution is 9.10. The number of hydrogen-bond donors (Lipinski definition) is 3. The van der Waals surface area contributed by atoms with Crippen LogP contribution < -0.4 is 10.9 Å². The average molecular weight is 478 g/mol. The molecule has 0 aliphatic carbocycles. The summed E-state index contributed by atoms with van der Waals surface area (Å²) in [5.74, 6) is -0.879. The molecule has 1 aromatic carbocycles. The fourth-order valence-corrected chi connectivity index (χ4v) is 3.10. The van der Waals surface area contributed by atoms with E-state index in [0.29, 0.717) is 17.0 Å². The van der Waals surface area contributed by atoms with E-state index in [-0.39, 0.29) is 0 Å². The summed E-state index contributed by atoms with van der Waals surface area (Å²) in [5.41, 5.74) is 7.75. The van der Waals surface area contributed by atoms with Gasteiger partial charge in [0.05, 0.1) is 17.0 Å². The van der Waals surface area contributed by atoms with Gasteiger partial charge in [0.15, 0.2) is 0 Å². The van der Waals surface area contributed by atoms with Crippen molar-refractivity contribution in [2.75, 3.05) is 0 Å². The van der Waals surface area contributed by atoms with Gasteiger partial charge in [0.2, 0.25) is 0 Å². The van der Waals surface area contributed by atoms with Crippen LogP contribution >= 0.6 is 31.9 Å². The number of amides is 2. The molecule has 0 unspecified atom stereocenters. The van der Waals surface area contributed by atoms with E-state index in [1.807, 2.05) is 24.3 Å². The number of halogens is 2. The number of benzene rings is 1. The summed E-state index contributed by atoms with van der Waals surface area (Å²) in [6.07, 6.45) is 1.63. The Morgan fingerprint density at radius 1 is 1.00 bits per heavy atom. The topological polar surface area (TPSA) is 86.9 Å². The molecule has 0 spiro atoms. The number of aromatic amines is 1. The van der Waals surface area contributed by atoms with Gasteiger partial charge >= 0.3 is 0 Å². The Bertz CT molecular complexity index is 985. The van der Waals surface area contributed by atoms with Crippen LogP contribution in [-0.4, -0.2) is 21.8 Å². The van der Waals surface area contributed by atoms with Crippen molar-refractivity contribution in [3.63, 3.8) is 0 Å². The predicted octanol–water partition coefficient (Wildman–Crippen LogP) is 3.98. The number of aryl methyl sites for hydroxylation is 1. The SMILES string of the molecule is Cc1nc(-c2cccc(Br)c2)ccc1C(=O)NNC(=O)c1cc(Br)c[nH]1. The van der Waals surface area contributed by atoms with Crippen LogP contribution in [0.25, 0.3) is 11.3 Å². The maximum atomic E-state index is 12.3. The monoisotopic (exact) mass is 476 g/mol. The highest BCUT2D eigenvalue weighted by atomic mass is 79.9. The van der Waals surface area contributed by atoms with E-state index in [9.17, 15) is 9.59 Å². The van der Waals surface area contributed by atoms with Gasteiger partial charge in [-0.05, 0) is 53.2 Å². The first kappa shape index (κ1) is 18.3. The minimum atomic E-state index is -0.444. The molecule has 0 atom stereocenters. The van der Waals surface area contributed by atoms with Crippen LogP contribution in [0.4, 0.5) is 0 Å². The lowest BCUT2D eigenvalue weighted by atomic mass is 10.1. The minimum Gasteiger partial charge on any atom is -0.356 e. The first-order valence-electron chi connectivity index (χ1n) is 7.62. The molecule has 8 heteroatoms. The molecule has 2 aromatic heterocycles. The lowest BCUT2D eigenvalue weighted by molar-refractivity contribution is 0.0843. The molecule has 3 N–H and O–H groups in total. The zero-order valence-corrected chi connectivity index (χ0v) is 16.8. The standard InChI is InChI=1S/C18H14Br2N4O2/c1-10-14(5-6-15(22-10)11-3-2-4-12(19)7-11)17(25)23-24-18(26)16-8-13(20)9-21-16/h2-9,21H,1H3,(H,23,25)(H,24,26). The van der Waals surface area contributed by atoms with Crippen LogP contribution in [0, 0.1) is 6.92 Å². The van der Waals surface area contributed by atoms with Crippen LogP contribution in [0.3, 0.4) is 0 Å². The number of aromatic nitrogens is 2. The Morgan fingerprint density at radius 3 is 2.42 bits per heavy atom. The Kier molecular flexibility index (Phi) is 5.53. The molecule has 0 aliphatic rings. The molecule has 0 saturated heterocycles. The zero-order valence-electron chi connectivity index (χ0n) is 13.6. The third-order valence-corrected chi connectivity index (χ3v) is 4.58. The highest BCUT2D eigenvalue weighted by Gasteiger charge is 2.14. The number of nitrogens with zero attached hydrogens (tertiary/aromatic N) is 1. The van der Waals surface area contributed by atoms with Crippen molar-refractivity contribution < 1.29 is 9.59 Å². The van der Waals surface area contributed by atoms with Gasteiger partial charge in [-0.1, -0.05) is 28.1 Å². The van der Waals surface area contributed by atoms with Crippen LogP contribution in [0.15, 0.2) is 57.6 Å². The van der Waals surface area contributed by atoms with E-state index < -0.39 is 11.8 Å². The maximum Gasteiger partial charge on any atom is 0.286 e. The molecule has 2 heterocycles. The molecular formula is C18H14Br2N4O2. The lowest BCUT2D eigenvalue weighted by Crippen LogP contribution is -2.42. The summed E-state index contributed by atoms with van der Waals surface area (Å²) in [6, 6.07) is 12.8. The minimum absolute atomic E-state index is 0.331. The van der Waals surface area contributed by atoms with Gasteiger partial charge in [0.1, 0.15) is 5.69 Å². The number of carbonyl (C=O) groups is 2. The van der Waals surface area contributed by atoms with Gasteiger partial charge < -0.3 is 4.98 Å². The molecule has 2 amide bonds. The first-order chi connectivity index (χ1) is 12.4. The normalized spacial score (nSPS) is 10.4. The van der Waals surface area contributed by atoms with Gasteiger partial charge in [-0.2, -0.15) is 0 Å². The van der Waals surface area contributed by atoms with Gasteiger partial charge in [0, 0.05) is 20.7 Å². The highest BCUT2D eigenvalue weighted by Crippen LogP contribution is 2.22. The molecule has 26 heavy (non-hydrogen) atoms. The van der Waals surface area contributed by atoms with Gasteiger partial charge in [-0.15, -0.1) is 0 Å². The van der Waals surface area contributed by atoms with E-state index in [1.54, 1.807) is 31.3 Å². The smallest absolute Gasteiger partial charge is 0.286 e. The molecule has 0 fully saturated rings. The number of hydrogen-bond acceptors (Lipinski definition) is 3. The summed E-state index contributed by atoms with van der Waals surface area (Å²) < 4.78 is 1.70. The van der Waals surface area contributed by atoms with Crippen molar-refractivity contribution in [1.82, 2.24) is 20.8 Å². The van der Waals surface area contributed by atoms with Crippen LogP contribution in [0.5, 0.6) is 0 Å². The summed E-state index contributed by atoms with van der Waals surface area (Å²) in [6.45, 7) is 1.75. The summed E-state index contributed by atoms with van der Waals surface area (Å²) in [5, 5.41) is 0. The number of nitrogens with one attached hydrogen (secondary N) is 3. The molecule has 0 saturated carbocycles. The number of hydrazine groups is 1.